The number of likely N-dealkylation sites (N-methyl/N-ethyl adjacent to an activating group) is 1. The van der Waals surface area contributed by atoms with Gasteiger partial charge in [0, 0.05) is 17.2 Å². The van der Waals surface area contributed by atoms with Gasteiger partial charge in [-0.05, 0) is 43.5 Å². The van der Waals surface area contributed by atoms with Gasteiger partial charge in [-0.25, -0.2) is 9.48 Å². The van der Waals surface area contributed by atoms with Crippen LogP contribution in [0.3, 0.4) is 0 Å². The quantitative estimate of drug-likeness (QED) is 0.381. The number of hydrogen-bond acceptors (Lipinski definition) is 5. The highest BCUT2D eigenvalue weighted by Gasteiger charge is 2.60. The van der Waals surface area contributed by atoms with Crippen molar-refractivity contribution in [2.45, 2.75) is 37.9 Å². The molecule has 0 spiro atoms. The Labute approximate surface area is 210 Å². The first-order chi connectivity index (χ1) is 15.6. The van der Waals surface area contributed by atoms with Crippen LogP contribution >= 0.6 is 0 Å². The van der Waals surface area contributed by atoms with E-state index in [1.54, 1.807) is 26.4 Å². The number of carbonyl (C=O) groups is 2. The van der Waals surface area contributed by atoms with Crippen LogP contribution in [0.4, 0.5) is 0 Å². The van der Waals surface area contributed by atoms with Gasteiger partial charge in [0.05, 0.1) is 26.8 Å². The fourth-order valence-corrected chi connectivity index (χ4v) is 4.98. The third kappa shape index (κ3) is 3.86. The van der Waals surface area contributed by atoms with Crippen molar-refractivity contribution in [1.29, 1.82) is 0 Å². The van der Waals surface area contributed by atoms with E-state index in [9.17, 15) is 9.59 Å². The van der Waals surface area contributed by atoms with Crippen LogP contribution in [-0.4, -0.2) is 65.8 Å². The van der Waals surface area contributed by atoms with E-state index >= 15 is 0 Å². The number of benzene rings is 2. The summed E-state index contributed by atoms with van der Waals surface area (Å²) in [6, 6.07) is 12.3. The van der Waals surface area contributed by atoms with Crippen LogP contribution in [-0.2, 0) is 0 Å². The highest BCUT2D eigenvalue weighted by atomic mass is 127. The predicted molar refractivity (Wildman–Crippen MR) is 122 cm³/mol. The maximum atomic E-state index is 13.5. The Morgan fingerprint density at radius 1 is 0.970 bits per heavy atom. The number of halogens is 1. The molecule has 2 aromatic rings. The number of carbonyl (C=O) groups excluding carboxylic acids is 2. The molecule has 0 amide bonds. The Morgan fingerprint density at radius 3 is 2.24 bits per heavy atom. The molecule has 2 aliphatic carbocycles. The van der Waals surface area contributed by atoms with E-state index in [-0.39, 0.29) is 35.5 Å². The highest BCUT2D eigenvalue weighted by molar-refractivity contribution is 6.20. The van der Waals surface area contributed by atoms with Crippen molar-refractivity contribution in [3.8, 4) is 11.5 Å². The van der Waals surface area contributed by atoms with Gasteiger partial charge in [0.2, 0.25) is 23.7 Å². The van der Waals surface area contributed by atoms with Gasteiger partial charge in [-0.3, -0.25) is 9.59 Å². The second-order valence-electron chi connectivity index (χ2n) is 8.39. The molecular weight excluding hydrogens is 531 g/mol. The fourth-order valence-electron chi connectivity index (χ4n) is 4.98. The molecule has 33 heavy (non-hydrogen) atoms. The summed E-state index contributed by atoms with van der Waals surface area (Å²) < 4.78 is 12.9. The molecule has 2 unspecified atom stereocenters. The van der Waals surface area contributed by atoms with E-state index in [0.29, 0.717) is 35.2 Å². The molecule has 2 atom stereocenters. The minimum absolute atomic E-state index is 0. The zero-order valence-electron chi connectivity index (χ0n) is 19.0. The summed E-state index contributed by atoms with van der Waals surface area (Å²) in [7, 11) is 3.23. The maximum Gasteiger partial charge on any atom is 0.273 e. The minimum atomic E-state index is -0.479. The Bertz CT molecular complexity index is 1170. The number of fused-ring (bicyclic) bond motifs is 2. The Balaban J connectivity index is 0.00000259. The van der Waals surface area contributed by atoms with E-state index in [1.165, 1.54) is 0 Å². The first-order valence-corrected chi connectivity index (χ1v) is 11.1. The highest BCUT2D eigenvalue weighted by Crippen LogP contribution is 2.39. The molecule has 0 radical (unpaired) electrons. The molecule has 0 bridgehead atoms. The fraction of sp³-hybridized carbons (Fsp3) is 0.346. The van der Waals surface area contributed by atoms with Crippen LogP contribution in [0.2, 0.25) is 0 Å². The molecule has 2 aromatic carbocycles. The van der Waals surface area contributed by atoms with Gasteiger partial charge in [0.1, 0.15) is 0 Å². The second-order valence-corrected chi connectivity index (χ2v) is 8.39. The Kier molecular flexibility index (Phi) is 6.61. The van der Waals surface area contributed by atoms with Crippen LogP contribution < -0.4 is 33.5 Å². The van der Waals surface area contributed by atoms with Crippen molar-refractivity contribution in [1.82, 2.24) is 4.90 Å². The normalized spacial score (nSPS) is 21.7. The summed E-state index contributed by atoms with van der Waals surface area (Å²) in [4.78, 5) is 29.2. The molecule has 172 valence electrons. The molecule has 1 fully saturated rings. The standard InChI is InChI=1S/C26H27N2O4.HI/c1-4-27-22(14-10-16-9-13-20(31-2)21(15-16)32-3)28(17-11-12-17)24-23(27)25(29)18-7-5-6-8-19(18)26(24)30;/h5-10,13-15,17,23-24H,4,11-12H2,1-3H3;1H/q+1;/p-1/b14-10+;. The average molecular weight is 558 g/mol. The number of nitrogens with zero attached hydrogens (tertiary/aromatic N) is 2. The van der Waals surface area contributed by atoms with E-state index in [2.05, 4.69) is 9.48 Å². The summed E-state index contributed by atoms with van der Waals surface area (Å²) in [5, 5.41) is 0. The molecule has 0 N–H and O–H groups in total. The van der Waals surface area contributed by atoms with Gasteiger partial charge < -0.3 is 33.5 Å². The van der Waals surface area contributed by atoms with E-state index in [4.69, 9.17) is 9.47 Å². The first kappa shape index (κ1) is 23.5. The Hall–Kier alpha value is -2.68. The topological polar surface area (TPSA) is 58.9 Å². The third-order valence-corrected chi connectivity index (χ3v) is 6.60. The molecular formula is C26H27IN2O4. The lowest BCUT2D eigenvalue weighted by molar-refractivity contribution is -0.538. The number of ether oxygens (including phenoxy) is 2. The number of rotatable bonds is 6. The molecule has 3 aliphatic rings. The number of methoxy groups -OCH3 is 2. The summed E-state index contributed by atoms with van der Waals surface area (Å²) in [6.07, 6.45) is 6.12. The minimum Gasteiger partial charge on any atom is -1.00 e. The lowest BCUT2D eigenvalue weighted by atomic mass is 9.82. The van der Waals surface area contributed by atoms with Crippen molar-refractivity contribution in [3.63, 3.8) is 0 Å². The van der Waals surface area contributed by atoms with Gasteiger partial charge in [-0.2, -0.15) is 0 Å². The van der Waals surface area contributed by atoms with Crippen molar-refractivity contribution in [2.75, 3.05) is 20.8 Å². The zero-order chi connectivity index (χ0) is 22.4. The molecule has 1 aliphatic heterocycles. The SMILES string of the molecule is CC[N+]1=C(/C=C/c2ccc(OC)c(OC)c2)N(C2CC2)C2C(=O)c3ccccc3C(=O)C21.[I-]. The molecule has 5 rings (SSSR count). The zero-order valence-corrected chi connectivity index (χ0v) is 21.1. The molecule has 0 saturated heterocycles. The maximum absolute atomic E-state index is 13.5. The number of amidine groups is 1. The number of Topliss-reactive ketones (excluding diaryl/α,β-unsaturated/α-hetero) is 2. The van der Waals surface area contributed by atoms with E-state index in [1.807, 2.05) is 49.4 Å². The molecule has 6 nitrogen and oxygen atoms in total. The smallest absolute Gasteiger partial charge is 0.273 e. The molecule has 1 heterocycles. The van der Waals surface area contributed by atoms with Gasteiger partial charge in [0.15, 0.2) is 11.5 Å². The lowest BCUT2D eigenvalue weighted by Crippen LogP contribution is -3.00. The molecule has 0 aromatic heterocycles. The largest absolute Gasteiger partial charge is 1.00 e. The summed E-state index contributed by atoms with van der Waals surface area (Å²) in [5.74, 6) is 2.35. The van der Waals surface area contributed by atoms with Crippen LogP contribution in [0.15, 0.2) is 48.5 Å². The van der Waals surface area contributed by atoms with Crippen LogP contribution in [0.5, 0.6) is 11.5 Å². The van der Waals surface area contributed by atoms with Crippen molar-refractivity contribution >= 4 is 23.5 Å². The monoisotopic (exact) mass is 558 g/mol. The van der Waals surface area contributed by atoms with Gasteiger partial charge in [-0.15, -0.1) is 0 Å². The van der Waals surface area contributed by atoms with Crippen molar-refractivity contribution in [3.05, 3.63) is 65.2 Å². The number of ketones is 2. The summed E-state index contributed by atoms with van der Waals surface area (Å²) >= 11 is 0. The van der Waals surface area contributed by atoms with Crippen molar-refractivity contribution in [2.24, 2.45) is 0 Å². The second kappa shape index (κ2) is 9.29. The predicted octanol–water partition coefficient (Wildman–Crippen LogP) is 0.446. The van der Waals surface area contributed by atoms with Gasteiger partial charge in [0.25, 0.3) is 5.84 Å². The van der Waals surface area contributed by atoms with E-state index in [0.717, 1.165) is 24.2 Å². The Morgan fingerprint density at radius 2 is 1.64 bits per heavy atom. The first-order valence-electron chi connectivity index (χ1n) is 11.1. The average Bonchev–Trinajstić information content (AvgIpc) is 3.61. The third-order valence-electron chi connectivity index (χ3n) is 6.60. The summed E-state index contributed by atoms with van der Waals surface area (Å²) in [5.41, 5.74) is 2.04. The van der Waals surface area contributed by atoms with Crippen LogP contribution in [0, 0.1) is 0 Å². The van der Waals surface area contributed by atoms with Crippen LogP contribution in [0.1, 0.15) is 46.0 Å². The van der Waals surface area contributed by atoms with Gasteiger partial charge in [-0.1, -0.05) is 30.3 Å². The molecule has 7 heteroatoms. The van der Waals surface area contributed by atoms with E-state index < -0.39 is 12.1 Å². The molecule has 1 saturated carbocycles. The van der Waals surface area contributed by atoms with Gasteiger partial charge >= 0.3 is 0 Å². The lowest BCUT2D eigenvalue weighted by Gasteiger charge is -2.27. The van der Waals surface area contributed by atoms with Crippen LogP contribution in [0.25, 0.3) is 6.08 Å². The number of hydrogen-bond donors (Lipinski definition) is 0. The summed E-state index contributed by atoms with van der Waals surface area (Å²) in [6.45, 7) is 2.69. The van der Waals surface area contributed by atoms with Crippen molar-refractivity contribution < 1.29 is 47.6 Å².